The molecule has 2 heterocycles. The fourth-order valence-corrected chi connectivity index (χ4v) is 3.73. The second kappa shape index (κ2) is 7.44. The second-order valence-corrected chi connectivity index (χ2v) is 7.18. The molecule has 2 amide bonds. The van der Waals surface area contributed by atoms with Gasteiger partial charge in [0.05, 0.1) is 5.92 Å². The number of carboxylic acids is 1. The Balaban J connectivity index is 1.58. The number of carbonyl (C=O) groups is 3. The average molecular weight is 365 g/mol. The van der Waals surface area contributed by atoms with Gasteiger partial charge in [0, 0.05) is 43.2 Å². The molecule has 0 aliphatic carbocycles. The zero-order valence-corrected chi connectivity index (χ0v) is 14.6. The fraction of sp³-hybridized carbons (Fsp3) is 0.500. The predicted octanol–water partition coefficient (Wildman–Crippen LogP) is 2.41. The summed E-state index contributed by atoms with van der Waals surface area (Å²) in [6, 6.07) is 7.02. The summed E-state index contributed by atoms with van der Waals surface area (Å²) < 4.78 is 0. The minimum absolute atomic E-state index is 0.00131. The highest BCUT2D eigenvalue weighted by molar-refractivity contribution is 6.30. The molecular weight excluding hydrogens is 344 g/mol. The first-order valence-corrected chi connectivity index (χ1v) is 8.88. The molecule has 2 aliphatic rings. The molecule has 7 heteroatoms. The van der Waals surface area contributed by atoms with E-state index in [9.17, 15) is 14.4 Å². The van der Waals surface area contributed by atoms with Crippen LogP contribution in [-0.2, 0) is 14.4 Å². The second-order valence-electron chi connectivity index (χ2n) is 6.75. The Hall–Kier alpha value is -2.08. The van der Waals surface area contributed by atoms with E-state index in [-0.39, 0.29) is 36.5 Å². The monoisotopic (exact) mass is 364 g/mol. The number of likely N-dealkylation sites (tertiary alicyclic amines) is 1. The summed E-state index contributed by atoms with van der Waals surface area (Å²) in [5.41, 5.74) is 0.755. The van der Waals surface area contributed by atoms with Crippen molar-refractivity contribution >= 4 is 35.1 Å². The number of nitrogens with zero attached hydrogens (tertiary/aromatic N) is 2. The highest BCUT2D eigenvalue weighted by Crippen LogP contribution is 2.29. The molecule has 1 N–H and O–H groups in total. The zero-order chi connectivity index (χ0) is 18.0. The number of hydrogen-bond acceptors (Lipinski definition) is 3. The predicted molar refractivity (Wildman–Crippen MR) is 93.5 cm³/mol. The van der Waals surface area contributed by atoms with E-state index in [0.29, 0.717) is 37.5 Å². The van der Waals surface area contributed by atoms with Crippen LogP contribution < -0.4 is 4.90 Å². The minimum atomic E-state index is -0.787. The molecule has 0 radical (unpaired) electrons. The molecule has 2 fully saturated rings. The Morgan fingerprint density at radius 2 is 1.80 bits per heavy atom. The maximum absolute atomic E-state index is 12.7. The SMILES string of the molecule is O=C(O)CC1CCN(C(=O)C2CC(=O)N(c3ccc(Cl)cc3)C2)CC1. The number of benzene rings is 1. The van der Waals surface area contributed by atoms with Crippen molar-refractivity contribution in [2.45, 2.75) is 25.7 Å². The number of anilines is 1. The smallest absolute Gasteiger partial charge is 0.303 e. The summed E-state index contributed by atoms with van der Waals surface area (Å²) >= 11 is 5.88. The lowest BCUT2D eigenvalue weighted by atomic mass is 9.92. The van der Waals surface area contributed by atoms with Crippen LogP contribution in [-0.4, -0.2) is 47.4 Å². The van der Waals surface area contributed by atoms with Crippen LogP contribution in [0.1, 0.15) is 25.7 Å². The summed E-state index contributed by atoms with van der Waals surface area (Å²) in [5, 5.41) is 9.47. The van der Waals surface area contributed by atoms with Gasteiger partial charge >= 0.3 is 5.97 Å². The van der Waals surface area contributed by atoms with Gasteiger partial charge in [0.1, 0.15) is 0 Å². The fourth-order valence-electron chi connectivity index (χ4n) is 3.61. The van der Waals surface area contributed by atoms with Crippen molar-refractivity contribution in [3.63, 3.8) is 0 Å². The molecule has 1 aromatic carbocycles. The quantitative estimate of drug-likeness (QED) is 0.889. The summed E-state index contributed by atoms with van der Waals surface area (Å²) in [6.45, 7) is 1.53. The molecule has 1 aromatic rings. The number of amides is 2. The van der Waals surface area contributed by atoms with Gasteiger partial charge in [0.2, 0.25) is 11.8 Å². The first kappa shape index (κ1) is 17.7. The number of aliphatic carboxylic acids is 1. The molecule has 0 saturated carbocycles. The molecule has 2 saturated heterocycles. The van der Waals surface area contributed by atoms with Crippen molar-refractivity contribution in [1.29, 1.82) is 0 Å². The number of carbonyl (C=O) groups excluding carboxylic acids is 2. The molecule has 1 unspecified atom stereocenters. The lowest BCUT2D eigenvalue weighted by Crippen LogP contribution is -2.42. The van der Waals surface area contributed by atoms with Gasteiger partial charge in [-0.3, -0.25) is 14.4 Å². The van der Waals surface area contributed by atoms with E-state index in [0.717, 1.165) is 5.69 Å². The molecule has 0 aromatic heterocycles. The van der Waals surface area contributed by atoms with Crippen LogP contribution in [0.15, 0.2) is 24.3 Å². The molecule has 0 spiro atoms. The highest BCUT2D eigenvalue weighted by atomic mass is 35.5. The third-order valence-electron chi connectivity index (χ3n) is 5.00. The number of piperidine rings is 1. The van der Waals surface area contributed by atoms with Crippen molar-refractivity contribution in [2.75, 3.05) is 24.5 Å². The maximum atomic E-state index is 12.7. The lowest BCUT2D eigenvalue weighted by molar-refractivity contribution is -0.139. The topological polar surface area (TPSA) is 77.9 Å². The lowest BCUT2D eigenvalue weighted by Gasteiger charge is -2.33. The van der Waals surface area contributed by atoms with Gasteiger partial charge < -0.3 is 14.9 Å². The molecule has 6 nitrogen and oxygen atoms in total. The molecule has 2 aliphatic heterocycles. The van der Waals surface area contributed by atoms with Crippen LogP contribution >= 0.6 is 11.6 Å². The summed E-state index contributed by atoms with van der Waals surface area (Å²) in [5.74, 6) is -1.04. The third kappa shape index (κ3) is 4.12. The van der Waals surface area contributed by atoms with Crippen LogP contribution in [0.4, 0.5) is 5.69 Å². The average Bonchev–Trinajstić information content (AvgIpc) is 2.97. The van der Waals surface area contributed by atoms with Gasteiger partial charge in [0.25, 0.3) is 0 Å². The molecule has 3 rings (SSSR count). The van der Waals surface area contributed by atoms with Gasteiger partial charge in [-0.1, -0.05) is 11.6 Å². The maximum Gasteiger partial charge on any atom is 0.303 e. The van der Waals surface area contributed by atoms with Crippen molar-refractivity contribution in [2.24, 2.45) is 11.8 Å². The summed E-state index contributed by atoms with van der Waals surface area (Å²) in [6.07, 6.45) is 1.80. The van der Waals surface area contributed by atoms with Crippen molar-refractivity contribution in [1.82, 2.24) is 4.90 Å². The highest BCUT2D eigenvalue weighted by Gasteiger charge is 2.38. The standard InChI is InChI=1S/C18H21ClN2O4/c19-14-1-3-15(4-2-14)21-11-13(10-16(21)22)18(25)20-7-5-12(6-8-20)9-17(23)24/h1-4,12-13H,5-11H2,(H,23,24). The summed E-state index contributed by atoms with van der Waals surface area (Å²) in [7, 11) is 0. The largest absolute Gasteiger partial charge is 0.481 e. The van der Waals surface area contributed by atoms with E-state index in [1.54, 1.807) is 34.1 Å². The van der Waals surface area contributed by atoms with Crippen LogP contribution in [0, 0.1) is 11.8 Å². The number of carboxylic acid groups (broad SMARTS) is 1. The Kier molecular flexibility index (Phi) is 5.27. The van der Waals surface area contributed by atoms with Gasteiger partial charge in [0.15, 0.2) is 0 Å². The number of hydrogen-bond donors (Lipinski definition) is 1. The van der Waals surface area contributed by atoms with Gasteiger partial charge in [-0.15, -0.1) is 0 Å². The van der Waals surface area contributed by atoms with Crippen LogP contribution in [0.3, 0.4) is 0 Å². The van der Waals surface area contributed by atoms with Gasteiger partial charge in [-0.2, -0.15) is 0 Å². The molecule has 0 bridgehead atoms. The number of halogens is 1. The van der Waals surface area contributed by atoms with E-state index in [2.05, 4.69) is 0 Å². The zero-order valence-electron chi connectivity index (χ0n) is 13.9. The first-order chi connectivity index (χ1) is 11.9. The summed E-state index contributed by atoms with van der Waals surface area (Å²) in [4.78, 5) is 39.2. The van der Waals surface area contributed by atoms with Crippen LogP contribution in [0.25, 0.3) is 0 Å². The Bertz CT molecular complexity index is 668. The molecular formula is C18H21ClN2O4. The Labute approximate surface area is 151 Å². The van der Waals surface area contributed by atoms with Gasteiger partial charge in [-0.25, -0.2) is 0 Å². The molecule has 134 valence electrons. The van der Waals surface area contributed by atoms with Crippen LogP contribution in [0.2, 0.25) is 5.02 Å². The third-order valence-corrected chi connectivity index (χ3v) is 5.25. The van der Waals surface area contributed by atoms with Crippen molar-refractivity contribution in [3.8, 4) is 0 Å². The van der Waals surface area contributed by atoms with E-state index < -0.39 is 5.97 Å². The Morgan fingerprint density at radius 3 is 2.40 bits per heavy atom. The van der Waals surface area contributed by atoms with Crippen LogP contribution in [0.5, 0.6) is 0 Å². The molecule has 25 heavy (non-hydrogen) atoms. The van der Waals surface area contributed by atoms with E-state index in [1.807, 2.05) is 0 Å². The minimum Gasteiger partial charge on any atom is -0.481 e. The van der Waals surface area contributed by atoms with Crippen molar-refractivity contribution < 1.29 is 19.5 Å². The first-order valence-electron chi connectivity index (χ1n) is 8.50. The Morgan fingerprint density at radius 1 is 1.16 bits per heavy atom. The van der Waals surface area contributed by atoms with E-state index >= 15 is 0 Å². The van der Waals surface area contributed by atoms with Gasteiger partial charge in [-0.05, 0) is 43.0 Å². The normalized spacial score (nSPS) is 21.6. The molecule has 1 atom stereocenters. The van der Waals surface area contributed by atoms with Crippen molar-refractivity contribution in [3.05, 3.63) is 29.3 Å². The van der Waals surface area contributed by atoms with E-state index in [1.165, 1.54) is 0 Å². The van der Waals surface area contributed by atoms with E-state index in [4.69, 9.17) is 16.7 Å². The number of rotatable bonds is 4.